The molecule has 0 saturated carbocycles. The lowest BCUT2D eigenvalue weighted by Crippen LogP contribution is -2.37. The third-order valence-electron chi connectivity index (χ3n) is 5.92. The highest BCUT2D eigenvalue weighted by Crippen LogP contribution is 2.35. The Labute approximate surface area is 198 Å². The predicted octanol–water partition coefficient (Wildman–Crippen LogP) is 6.02. The van der Waals surface area contributed by atoms with E-state index in [0.717, 1.165) is 59.9 Å². The van der Waals surface area contributed by atoms with E-state index in [0.29, 0.717) is 6.54 Å². The molecule has 1 saturated heterocycles. The van der Waals surface area contributed by atoms with Gasteiger partial charge in [-0.15, -0.1) is 0 Å². The van der Waals surface area contributed by atoms with Crippen molar-refractivity contribution in [2.45, 2.75) is 32.1 Å². The molecule has 0 amide bonds. The van der Waals surface area contributed by atoms with Crippen molar-refractivity contribution in [3.63, 3.8) is 0 Å². The fourth-order valence-electron chi connectivity index (χ4n) is 4.23. The zero-order valence-electron chi connectivity index (χ0n) is 19.4. The molecule has 7 heteroatoms. The molecule has 1 fully saturated rings. The minimum Gasteiger partial charge on any atom is -0.497 e. The third-order valence-corrected chi connectivity index (χ3v) is 5.92. The van der Waals surface area contributed by atoms with E-state index in [2.05, 4.69) is 9.64 Å². The SMILES string of the molecule is COc1ccc(OC)c(-c2cccc(OC3CCN(Cc4cccc(OC(F)F)c4)CC3)c2)c1. The molecular weight excluding hydrogens is 440 g/mol. The van der Waals surface area contributed by atoms with Gasteiger partial charge in [0.25, 0.3) is 0 Å². The summed E-state index contributed by atoms with van der Waals surface area (Å²) in [4.78, 5) is 2.30. The standard InChI is InChI=1S/C27H29F2NO4/c1-31-22-9-10-26(32-2)25(17-22)20-6-4-8-24(16-20)33-21-11-13-30(14-12-21)18-19-5-3-7-23(15-19)34-27(28)29/h3-10,15-17,21,27H,11-14,18H2,1-2H3. The van der Waals surface area contributed by atoms with Crippen LogP contribution < -0.4 is 18.9 Å². The van der Waals surface area contributed by atoms with Gasteiger partial charge in [-0.25, -0.2) is 0 Å². The Morgan fingerprint density at radius 1 is 0.853 bits per heavy atom. The monoisotopic (exact) mass is 469 g/mol. The number of nitrogens with zero attached hydrogens (tertiary/aromatic N) is 1. The Morgan fingerprint density at radius 2 is 1.62 bits per heavy atom. The van der Waals surface area contributed by atoms with Gasteiger partial charge in [-0.1, -0.05) is 24.3 Å². The lowest BCUT2D eigenvalue weighted by Gasteiger charge is -2.32. The minimum atomic E-state index is -2.81. The summed E-state index contributed by atoms with van der Waals surface area (Å²) in [6.07, 6.45) is 1.90. The second-order valence-electron chi connectivity index (χ2n) is 8.21. The van der Waals surface area contributed by atoms with Crippen molar-refractivity contribution in [2.75, 3.05) is 27.3 Å². The van der Waals surface area contributed by atoms with Gasteiger partial charge in [0.1, 0.15) is 29.1 Å². The van der Waals surface area contributed by atoms with E-state index in [1.165, 1.54) is 0 Å². The van der Waals surface area contributed by atoms with Gasteiger partial charge in [0.2, 0.25) is 0 Å². The van der Waals surface area contributed by atoms with Crippen LogP contribution in [0, 0.1) is 0 Å². The van der Waals surface area contributed by atoms with Gasteiger partial charge in [-0.3, -0.25) is 4.90 Å². The predicted molar refractivity (Wildman–Crippen MR) is 127 cm³/mol. The van der Waals surface area contributed by atoms with Crippen LogP contribution in [0.2, 0.25) is 0 Å². The van der Waals surface area contributed by atoms with Crippen LogP contribution in [0.4, 0.5) is 8.78 Å². The molecule has 0 spiro atoms. The van der Waals surface area contributed by atoms with Crippen LogP contribution in [0.1, 0.15) is 18.4 Å². The zero-order valence-corrected chi connectivity index (χ0v) is 19.4. The Hall–Kier alpha value is -3.32. The van der Waals surface area contributed by atoms with E-state index >= 15 is 0 Å². The fraction of sp³-hybridized carbons (Fsp3) is 0.333. The Kier molecular flexibility index (Phi) is 7.85. The lowest BCUT2D eigenvalue weighted by molar-refractivity contribution is -0.0499. The van der Waals surface area contributed by atoms with Gasteiger partial charge < -0.3 is 18.9 Å². The summed E-state index contributed by atoms with van der Waals surface area (Å²) in [6, 6.07) is 20.6. The molecule has 3 aromatic carbocycles. The molecule has 1 aliphatic rings. The summed E-state index contributed by atoms with van der Waals surface area (Å²) in [5, 5.41) is 0. The first-order chi connectivity index (χ1) is 16.5. The summed E-state index contributed by atoms with van der Waals surface area (Å²) in [5.74, 6) is 2.55. The van der Waals surface area contributed by atoms with Gasteiger partial charge in [0.05, 0.1) is 14.2 Å². The van der Waals surface area contributed by atoms with E-state index in [9.17, 15) is 8.78 Å². The van der Waals surface area contributed by atoms with Gasteiger partial charge in [-0.2, -0.15) is 8.78 Å². The molecule has 0 radical (unpaired) electrons. The first-order valence-electron chi connectivity index (χ1n) is 11.3. The van der Waals surface area contributed by atoms with E-state index in [-0.39, 0.29) is 11.9 Å². The van der Waals surface area contributed by atoms with E-state index in [1.807, 2.05) is 48.5 Å². The van der Waals surface area contributed by atoms with Gasteiger partial charge in [-0.05, 0) is 66.4 Å². The molecule has 34 heavy (non-hydrogen) atoms. The maximum Gasteiger partial charge on any atom is 0.387 e. The maximum atomic E-state index is 12.5. The van der Waals surface area contributed by atoms with E-state index in [4.69, 9.17) is 14.2 Å². The van der Waals surface area contributed by atoms with Crippen LogP contribution in [0.3, 0.4) is 0 Å². The van der Waals surface area contributed by atoms with Crippen molar-refractivity contribution < 1.29 is 27.7 Å². The highest BCUT2D eigenvalue weighted by Gasteiger charge is 2.21. The molecule has 0 unspecified atom stereocenters. The van der Waals surface area contributed by atoms with Crippen molar-refractivity contribution in [2.24, 2.45) is 0 Å². The number of rotatable bonds is 9. The first kappa shape index (κ1) is 23.8. The summed E-state index contributed by atoms with van der Waals surface area (Å²) in [6.45, 7) is -0.382. The second kappa shape index (κ2) is 11.2. The van der Waals surface area contributed by atoms with Crippen molar-refractivity contribution in [1.82, 2.24) is 4.90 Å². The van der Waals surface area contributed by atoms with Crippen LogP contribution in [0.25, 0.3) is 11.1 Å². The minimum absolute atomic E-state index is 0.118. The van der Waals surface area contributed by atoms with E-state index < -0.39 is 6.61 Å². The van der Waals surface area contributed by atoms with Gasteiger partial charge in [0.15, 0.2) is 0 Å². The first-order valence-corrected chi connectivity index (χ1v) is 11.3. The summed E-state index contributed by atoms with van der Waals surface area (Å²) < 4.78 is 46.7. The number of halogens is 2. The summed E-state index contributed by atoms with van der Waals surface area (Å²) in [5.41, 5.74) is 2.90. The fourth-order valence-corrected chi connectivity index (χ4v) is 4.23. The molecule has 180 valence electrons. The molecule has 5 nitrogen and oxygen atoms in total. The highest BCUT2D eigenvalue weighted by molar-refractivity contribution is 5.73. The van der Waals surface area contributed by atoms with Crippen LogP contribution >= 0.6 is 0 Å². The quantitative estimate of drug-likeness (QED) is 0.384. The van der Waals surface area contributed by atoms with Crippen LogP contribution in [0.15, 0.2) is 66.7 Å². The molecule has 0 N–H and O–H groups in total. The Balaban J connectivity index is 1.35. The molecule has 0 bridgehead atoms. The number of piperidine rings is 1. The number of ether oxygens (including phenoxy) is 4. The number of hydrogen-bond acceptors (Lipinski definition) is 5. The van der Waals surface area contributed by atoms with Crippen LogP contribution in [-0.4, -0.2) is 44.9 Å². The average Bonchev–Trinajstić information content (AvgIpc) is 2.85. The Morgan fingerprint density at radius 3 is 2.35 bits per heavy atom. The van der Waals surface area contributed by atoms with Gasteiger partial charge >= 0.3 is 6.61 Å². The van der Waals surface area contributed by atoms with Crippen molar-refractivity contribution in [3.8, 4) is 34.1 Å². The molecule has 4 rings (SSSR count). The lowest BCUT2D eigenvalue weighted by atomic mass is 10.0. The largest absolute Gasteiger partial charge is 0.497 e. The molecule has 0 atom stereocenters. The van der Waals surface area contributed by atoms with Crippen LogP contribution in [-0.2, 0) is 6.54 Å². The third kappa shape index (κ3) is 6.17. The number of methoxy groups -OCH3 is 2. The summed E-state index contributed by atoms with van der Waals surface area (Å²) >= 11 is 0. The average molecular weight is 470 g/mol. The topological polar surface area (TPSA) is 40.2 Å². The Bertz CT molecular complexity index is 1080. The van der Waals surface area contributed by atoms with Crippen LogP contribution in [0.5, 0.6) is 23.0 Å². The highest BCUT2D eigenvalue weighted by atomic mass is 19.3. The van der Waals surface area contributed by atoms with Crippen molar-refractivity contribution >= 4 is 0 Å². The summed E-state index contributed by atoms with van der Waals surface area (Å²) in [7, 11) is 3.30. The molecule has 0 aromatic heterocycles. The molecule has 1 heterocycles. The van der Waals surface area contributed by atoms with Crippen molar-refractivity contribution in [3.05, 3.63) is 72.3 Å². The van der Waals surface area contributed by atoms with Crippen molar-refractivity contribution in [1.29, 1.82) is 0 Å². The smallest absolute Gasteiger partial charge is 0.387 e. The zero-order chi connectivity index (χ0) is 23.9. The number of alkyl halides is 2. The van der Waals surface area contributed by atoms with E-state index in [1.54, 1.807) is 32.4 Å². The normalized spacial score (nSPS) is 14.7. The maximum absolute atomic E-state index is 12.5. The molecule has 1 aliphatic heterocycles. The molecule has 0 aliphatic carbocycles. The number of likely N-dealkylation sites (tertiary alicyclic amines) is 1. The number of benzene rings is 3. The molecule has 3 aromatic rings. The molecular formula is C27H29F2NO4. The van der Waals surface area contributed by atoms with Gasteiger partial charge in [0, 0.05) is 25.2 Å². The second-order valence-corrected chi connectivity index (χ2v) is 8.21. The number of hydrogen-bond donors (Lipinski definition) is 0.